The van der Waals surface area contributed by atoms with Crippen molar-refractivity contribution < 1.29 is 4.74 Å². The Kier molecular flexibility index (Phi) is 5.33. The molecule has 0 aliphatic carbocycles. The quantitative estimate of drug-likeness (QED) is 0.396. The lowest BCUT2D eigenvalue weighted by molar-refractivity contribution is 0.122. The van der Waals surface area contributed by atoms with E-state index >= 15 is 0 Å². The molecule has 3 heterocycles. The number of fused-ring (bicyclic) bond motifs is 1. The second-order valence-corrected chi connectivity index (χ2v) is 8.05. The second kappa shape index (κ2) is 8.92. The first-order chi connectivity index (χ1) is 16.9. The van der Waals surface area contributed by atoms with E-state index in [1.165, 1.54) is 5.69 Å². The van der Waals surface area contributed by atoms with Crippen LogP contribution in [0.5, 0.6) is 0 Å². The van der Waals surface area contributed by atoms with Gasteiger partial charge in [0.2, 0.25) is 0 Å². The second-order valence-electron chi connectivity index (χ2n) is 8.05. The highest BCUT2D eigenvalue weighted by Gasteiger charge is 2.18. The molecule has 0 bridgehead atoms. The first-order valence-electron chi connectivity index (χ1n) is 11.3. The van der Waals surface area contributed by atoms with E-state index in [1.807, 2.05) is 41.4 Å². The fraction of sp³-hybridized carbons (Fsp3) is 0.154. The first-order valence-corrected chi connectivity index (χ1v) is 11.3. The number of hydrogen-bond acceptors (Lipinski definition) is 7. The SMILES string of the molecule is c1ccc(N(c2ncnc3ccc(-c4ccc(N5CCOCC5)cc4)cc23)n2ccnn2)cc1. The maximum atomic E-state index is 5.48. The topological polar surface area (TPSA) is 72.2 Å². The summed E-state index contributed by atoms with van der Waals surface area (Å²) in [4.78, 5) is 13.2. The van der Waals surface area contributed by atoms with E-state index in [9.17, 15) is 0 Å². The highest BCUT2D eigenvalue weighted by atomic mass is 16.5. The van der Waals surface area contributed by atoms with Gasteiger partial charge in [-0.15, -0.1) is 5.10 Å². The monoisotopic (exact) mass is 449 g/mol. The summed E-state index contributed by atoms with van der Waals surface area (Å²) in [7, 11) is 0. The summed E-state index contributed by atoms with van der Waals surface area (Å²) in [5, 5.41) is 11.1. The Morgan fingerprint density at radius 1 is 0.824 bits per heavy atom. The average molecular weight is 450 g/mol. The Hall–Kier alpha value is -4.30. The molecule has 0 saturated carbocycles. The summed E-state index contributed by atoms with van der Waals surface area (Å²) in [6.45, 7) is 3.40. The predicted octanol–water partition coefficient (Wildman–Crippen LogP) is 4.33. The molecule has 8 heteroatoms. The van der Waals surface area contributed by atoms with Gasteiger partial charge in [0, 0.05) is 24.2 Å². The summed E-state index contributed by atoms with van der Waals surface area (Å²) >= 11 is 0. The van der Waals surface area contributed by atoms with E-state index in [-0.39, 0.29) is 0 Å². The van der Waals surface area contributed by atoms with Crippen molar-refractivity contribution in [3.8, 4) is 11.1 Å². The van der Waals surface area contributed by atoms with Crippen molar-refractivity contribution in [1.82, 2.24) is 25.1 Å². The van der Waals surface area contributed by atoms with Crippen LogP contribution in [0, 0.1) is 0 Å². The largest absolute Gasteiger partial charge is 0.378 e. The lowest BCUT2D eigenvalue weighted by atomic mass is 10.0. The molecule has 0 atom stereocenters. The van der Waals surface area contributed by atoms with Crippen LogP contribution in [0.3, 0.4) is 0 Å². The molecule has 1 fully saturated rings. The number of rotatable bonds is 5. The van der Waals surface area contributed by atoms with Crippen molar-refractivity contribution in [2.45, 2.75) is 0 Å². The van der Waals surface area contributed by atoms with E-state index in [4.69, 9.17) is 4.74 Å². The molecule has 34 heavy (non-hydrogen) atoms. The Balaban J connectivity index is 1.42. The Labute approximate surface area is 197 Å². The Bertz CT molecular complexity index is 1380. The molecule has 3 aromatic carbocycles. The van der Waals surface area contributed by atoms with E-state index in [0.717, 1.165) is 59.8 Å². The van der Waals surface area contributed by atoms with Crippen molar-refractivity contribution in [1.29, 1.82) is 0 Å². The van der Waals surface area contributed by atoms with Crippen LogP contribution in [-0.4, -0.2) is 51.4 Å². The van der Waals surface area contributed by atoms with Crippen molar-refractivity contribution in [3.05, 3.63) is 91.5 Å². The third-order valence-corrected chi connectivity index (χ3v) is 6.01. The maximum absolute atomic E-state index is 5.48. The number of hydrogen-bond donors (Lipinski definition) is 0. The van der Waals surface area contributed by atoms with E-state index in [1.54, 1.807) is 23.5 Å². The van der Waals surface area contributed by atoms with Gasteiger partial charge in [0.05, 0.1) is 36.8 Å². The number of aromatic nitrogens is 5. The van der Waals surface area contributed by atoms with Crippen LogP contribution < -0.4 is 9.91 Å². The van der Waals surface area contributed by atoms with Gasteiger partial charge in [-0.05, 0) is 52.7 Å². The van der Waals surface area contributed by atoms with Gasteiger partial charge in [-0.2, -0.15) is 4.79 Å². The Morgan fingerprint density at radius 3 is 2.38 bits per heavy atom. The fourth-order valence-corrected chi connectivity index (χ4v) is 4.29. The molecule has 2 aromatic heterocycles. The van der Waals surface area contributed by atoms with E-state index < -0.39 is 0 Å². The highest BCUT2D eigenvalue weighted by Crippen LogP contribution is 2.33. The predicted molar refractivity (Wildman–Crippen MR) is 132 cm³/mol. The number of nitrogens with zero attached hydrogens (tertiary/aromatic N) is 7. The molecule has 1 aliphatic rings. The van der Waals surface area contributed by atoms with Crippen LogP contribution in [0.4, 0.5) is 17.2 Å². The zero-order valence-corrected chi connectivity index (χ0v) is 18.5. The minimum absolute atomic E-state index is 0.730. The minimum Gasteiger partial charge on any atom is -0.378 e. The summed E-state index contributed by atoms with van der Waals surface area (Å²) in [5.41, 5.74) is 5.25. The van der Waals surface area contributed by atoms with Crippen molar-refractivity contribution in [2.24, 2.45) is 0 Å². The van der Waals surface area contributed by atoms with Gasteiger partial charge in [-0.1, -0.05) is 36.4 Å². The van der Waals surface area contributed by atoms with Crippen LogP contribution in [0.15, 0.2) is 91.5 Å². The molecule has 0 unspecified atom stereocenters. The van der Waals surface area contributed by atoms with Crippen LogP contribution in [0.25, 0.3) is 22.0 Å². The van der Waals surface area contributed by atoms with Gasteiger partial charge in [-0.25, -0.2) is 15.0 Å². The number of anilines is 3. The number of ether oxygens (including phenoxy) is 1. The molecule has 1 saturated heterocycles. The van der Waals surface area contributed by atoms with E-state index in [2.05, 4.69) is 61.6 Å². The minimum atomic E-state index is 0.730. The summed E-state index contributed by atoms with van der Waals surface area (Å²) in [5.74, 6) is 0.730. The van der Waals surface area contributed by atoms with Crippen LogP contribution in [-0.2, 0) is 4.74 Å². The number of morpholine rings is 1. The van der Waals surface area contributed by atoms with Gasteiger partial charge in [0.25, 0.3) is 0 Å². The average Bonchev–Trinajstić information content (AvgIpc) is 3.44. The van der Waals surface area contributed by atoms with Gasteiger partial charge >= 0.3 is 0 Å². The van der Waals surface area contributed by atoms with Crippen molar-refractivity contribution in [2.75, 3.05) is 36.2 Å². The summed E-state index contributed by atoms with van der Waals surface area (Å²) in [6, 6.07) is 25.0. The first kappa shape index (κ1) is 20.3. The maximum Gasteiger partial charge on any atom is 0.165 e. The molecular weight excluding hydrogens is 426 g/mol. The zero-order valence-electron chi connectivity index (χ0n) is 18.5. The van der Waals surface area contributed by atoms with Crippen LogP contribution in [0.2, 0.25) is 0 Å². The van der Waals surface area contributed by atoms with Crippen LogP contribution >= 0.6 is 0 Å². The smallest absolute Gasteiger partial charge is 0.165 e. The molecule has 168 valence electrons. The van der Waals surface area contributed by atoms with Crippen molar-refractivity contribution >= 4 is 28.1 Å². The van der Waals surface area contributed by atoms with E-state index in [0.29, 0.717) is 0 Å². The molecule has 1 aliphatic heterocycles. The third-order valence-electron chi connectivity index (χ3n) is 6.01. The normalized spacial score (nSPS) is 13.8. The lowest BCUT2D eigenvalue weighted by Gasteiger charge is -2.29. The highest BCUT2D eigenvalue weighted by molar-refractivity contribution is 5.94. The number of para-hydroxylation sites is 1. The molecule has 0 N–H and O–H groups in total. The molecule has 5 aromatic rings. The number of benzene rings is 3. The Morgan fingerprint density at radius 2 is 1.62 bits per heavy atom. The molecule has 0 amide bonds. The molecule has 6 rings (SSSR count). The summed E-state index contributed by atoms with van der Waals surface area (Å²) < 4.78 is 5.48. The van der Waals surface area contributed by atoms with Gasteiger partial charge in [-0.3, -0.25) is 0 Å². The standard InChI is InChI=1S/C26H23N7O/c1-2-4-23(5-3-1)33(32-13-12-29-30-32)26-24-18-21(8-11-25(24)27-19-28-26)20-6-9-22(10-7-20)31-14-16-34-17-15-31/h1-13,18-19H,14-17H2. The molecule has 8 nitrogen and oxygen atoms in total. The molecule has 0 spiro atoms. The van der Waals surface area contributed by atoms with Gasteiger partial charge in [0.15, 0.2) is 5.82 Å². The van der Waals surface area contributed by atoms with Gasteiger partial charge in [0.1, 0.15) is 6.33 Å². The zero-order chi connectivity index (χ0) is 22.7. The van der Waals surface area contributed by atoms with Crippen LogP contribution in [0.1, 0.15) is 0 Å². The lowest BCUT2D eigenvalue weighted by Crippen LogP contribution is -2.36. The molecule has 0 radical (unpaired) electrons. The van der Waals surface area contributed by atoms with Gasteiger partial charge < -0.3 is 9.64 Å². The third kappa shape index (κ3) is 3.84. The van der Waals surface area contributed by atoms with Crippen molar-refractivity contribution in [3.63, 3.8) is 0 Å². The molecular formula is C26H23N7O. The fourth-order valence-electron chi connectivity index (χ4n) is 4.29. The summed E-state index contributed by atoms with van der Waals surface area (Å²) in [6.07, 6.45) is 5.04.